The van der Waals surface area contributed by atoms with Crippen LogP contribution in [0.5, 0.6) is 0 Å². The van der Waals surface area contributed by atoms with Crippen molar-refractivity contribution < 1.29 is 9.90 Å². The molecule has 1 aliphatic rings. The highest BCUT2D eigenvalue weighted by Crippen LogP contribution is 2.18. The van der Waals surface area contributed by atoms with Crippen LogP contribution in [-0.4, -0.2) is 51.2 Å². The summed E-state index contributed by atoms with van der Waals surface area (Å²) in [6.07, 6.45) is 3.17. The molecule has 1 aliphatic heterocycles. The van der Waals surface area contributed by atoms with Gasteiger partial charge in [0.2, 0.25) is 5.95 Å². The fourth-order valence-corrected chi connectivity index (χ4v) is 3.13. The second-order valence-electron chi connectivity index (χ2n) is 7.15. The monoisotopic (exact) mass is 369 g/mol. The van der Waals surface area contributed by atoms with E-state index in [1.54, 1.807) is 4.90 Å². The third-order valence-corrected chi connectivity index (χ3v) is 4.52. The number of urea groups is 1. The fraction of sp³-hybridized carbons (Fsp3) is 0.450. The number of rotatable bonds is 6. The average molecular weight is 369 g/mol. The number of amides is 2. The third kappa shape index (κ3) is 5.17. The van der Waals surface area contributed by atoms with Gasteiger partial charge in [0.25, 0.3) is 0 Å². The molecule has 0 aliphatic carbocycles. The Morgan fingerprint density at radius 1 is 1.30 bits per heavy atom. The summed E-state index contributed by atoms with van der Waals surface area (Å²) in [6, 6.07) is 9.60. The smallest absolute Gasteiger partial charge is 0.318 e. The van der Waals surface area contributed by atoms with Gasteiger partial charge in [-0.05, 0) is 37.8 Å². The van der Waals surface area contributed by atoms with E-state index in [4.69, 9.17) is 0 Å². The normalized spacial score (nSPS) is 14.6. The van der Waals surface area contributed by atoms with Crippen molar-refractivity contribution in [1.82, 2.24) is 20.2 Å². The predicted molar refractivity (Wildman–Crippen MR) is 104 cm³/mol. The number of carbonyl (C=O) groups excluding carboxylic acids is 1. The molecule has 0 radical (unpaired) electrons. The van der Waals surface area contributed by atoms with Gasteiger partial charge in [0.1, 0.15) is 0 Å². The molecule has 1 aromatic carbocycles. The largest absolute Gasteiger partial charge is 0.394 e. The van der Waals surface area contributed by atoms with Crippen LogP contribution in [0.25, 0.3) is 0 Å². The lowest BCUT2D eigenvalue weighted by Gasteiger charge is -2.30. The first kappa shape index (κ1) is 19.1. The molecule has 2 heterocycles. The molecule has 7 heteroatoms. The predicted octanol–water partition coefficient (Wildman–Crippen LogP) is 1.97. The van der Waals surface area contributed by atoms with Gasteiger partial charge in [0, 0.05) is 18.8 Å². The summed E-state index contributed by atoms with van der Waals surface area (Å²) in [4.78, 5) is 23.3. The van der Waals surface area contributed by atoms with Gasteiger partial charge in [0.05, 0.1) is 24.9 Å². The third-order valence-electron chi connectivity index (χ3n) is 4.52. The minimum Gasteiger partial charge on any atom is -0.394 e. The first-order valence-electron chi connectivity index (χ1n) is 9.36. The highest BCUT2D eigenvalue weighted by molar-refractivity contribution is 5.75. The number of anilines is 1. The lowest BCUT2D eigenvalue weighted by atomic mass is 10.1. The van der Waals surface area contributed by atoms with E-state index in [1.807, 2.05) is 50.4 Å². The zero-order valence-corrected chi connectivity index (χ0v) is 15.9. The Balaban J connectivity index is 1.62. The van der Waals surface area contributed by atoms with Gasteiger partial charge in [-0.25, -0.2) is 14.8 Å². The number of nitrogens with one attached hydrogen (secondary N) is 2. The second-order valence-corrected chi connectivity index (χ2v) is 7.15. The SMILES string of the molecule is CC(C)Nc1ncc2c(n1)CN(C(=O)N[C@H](CO)Cc1ccccc1)CC2. The van der Waals surface area contributed by atoms with Gasteiger partial charge in [0.15, 0.2) is 0 Å². The Bertz CT molecular complexity index is 766. The summed E-state index contributed by atoms with van der Waals surface area (Å²) in [5, 5.41) is 15.8. The number of nitrogens with zero attached hydrogens (tertiary/aromatic N) is 3. The topological polar surface area (TPSA) is 90.4 Å². The second kappa shape index (κ2) is 8.81. The fourth-order valence-electron chi connectivity index (χ4n) is 3.13. The first-order valence-corrected chi connectivity index (χ1v) is 9.36. The summed E-state index contributed by atoms with van der Waals surface area (Å²) >= 11 is 0. The van der Waals surface area contributed by atoms with E-state index in [-0.39, 0.29) is 24.7 Å². The average Bonchev–Trinajstić information content (AvgIpc) is 2.67. The van der Waals surface area contributed by atoms with E-state index in [1.165, 1.54) is 0 Å². The van der Waals surface area contributed by atoms with E-state index >= 15 is 0 Å². The molecule has 0 bridgehead atoms. The molecular formula is C20H27N5O2. The van der Waals surface area contributed by atoms with Gasteiger partial charge in [-0.15, -0.1) is 0 Å². The van der Waals surface area contributed by atoms with Crippen LogP contribution >= 0.6 is 0 Å². The molecule has 3 rings (SSSR count). The van der Waals surface area contributed by atoms with Crippen molar-refractivity contribution in [1.29, 1.82) is 0 Å². The van der Waals surface area contributed by atoms with Crippen molar-refractivity contribution >= 4 is 12.0 Å². The Morgan fingerprint density at radius 3 is 2.78 bits per heavy atom. The quantitative estimate of drug-likeness (QED) is 0.724. The number of aliphatic hydroxyl groups excluding tert-OH is 1. The number of aromatic nitrogens is 2. The zero-order valence-electron chi connectivity index (χ0n) is 15.9. The number of carbonyl (C=O) groups is 1. The molecule has 7 nitrogen and oxygen atoms in total. The number of fused-ring (bicyclic) bond motifs is 1. The van der Waals surface area contributed by atoms with Crippen molar-refractivity contribution in [2.45, 2.75) is 45.3 Å². The molecule has 27 heavy (non-hydrogen) atoms. The molecule has 1 atom stereocenters. The Hall–Kier alpha value is -2.67. The van der Waals surface area contributed by atoms with E-state index < -0.39 is 0 Å². The van der Waals surface area contributed by atoms with Crippen LogP contribution in [0.2, 0.25) is 0 Å². The van der Waals surface area contributed by atoms with Gasteiger partial charge in [-0.2, -0.15) is 0 Å². The minimum atomic E-state index is -0.315. The lowest BCUT2D eigenvalue weighted by Crippen LogP contribution is -2.48. The van der Waals surface area contributed by atoms with E-state index in [2.05, 4.69) is 20.6 Å². The molecular weight excluding hydrogens is 342 g/mol. The van der Waals surface area contributed by atoms with Crippen molar-refractivity contribution in [2.75, 3.05) is 18.5 Å². The zero-order chi connectivity index (χ0) is 19.2. The lowest BCUT2D eigenvalue weighted by molar-refractivity contribution is 0.176. The van der Waals surface area contributed by atoms with Crippen LogP contribution in [0, 0.1) is 0 Å². The molecule has 0 unspecified atom stereocenters. The molecule has 2 amide bonds. The molecule has 2 aromatic rings. The Kier molecular flexibility index (Phi) is 6.24. The van der Waals surface area contributed by atoms with Crippen LogP contribution in [-0.2, 0) is 19.4 Å². The molecule has 0 saturated heterocycles. The van der Waals surface area contributed by atoms with Crippen molar-refractivity contribution in [3.8, 4) is 0 Å². The van der Waals surface area contributed by atoms with E-state index in [0.29, 0.717) is 25.5 Å². The highest BCUT2D eigenvalue weighted by Gasteiger charge is 2.24. The maximum atomic E-state index is 12.7. The van der Waals surface area contributed by atoms with Crippen LogP contribution in [0.1, 0.15) is 30.7 Å². The summed E-state index contributed by atoms with van der Waals surface area (Å²) < 4.78 is 0. The van der Waals surface area contributed by atoms with Crippen molar-refractivity contribution in [3.05, 3.63) is 53.3 Å². The standard InChI is InChI=1S/C20H27N5O2/c1-14(2)22-19-21-11-16-8-9-25(12-18(16)24-19)20(27)23-17(13-26)10-15-6-4-3-5-7-15/h3-7,11,14,17,26H,8-10,12-13H2,1-2H3,(H,23,27)(H,21,22,24)/t17-/m0/s1. The summed E-state index contributed by atoms with van der Waals surface area (Å²) in [5.41, 5.74) is 3.03. The maximum Gasteiger partial charge on any atom is 0.318 e. The number of hydrogen-bond acceptors (Lipinski definition) is 5. The van der Waals surface area contributed by atoms with Crippen LogP contribution in [0.4, 0.5) is 10.7 Å². The summed E-state index contributed by atoms with van der Waals surface area (Å²) in [5.74, 6) is 0.586. The molecule has 3 N–H and O–H groups in total. The van der Waals surface area contributed by atoms with Crippen molar-refractivity contribution in [3.63, 3.8) is 0 Å². The summed E-state index contributed by atoms with van der Waals surface area (Å²) in [7, 11) is 0. The number of benzene rings is 1. The van der Waals surface area contributed by atoms with Gasteiger partial charge in [-0.1, -0.05) is 30.3 Å². The van der Waals surface area contributed by atoms with Gasteiger partial charge < -0.3 is 20.6 Å². The summed E-state index contributed by atoms with van der Waals surface area (Å²) in [6.45, 7) is 5.02. The molecule has 0 fully saturated rings. The van der Waals surface area contributed by atoms with Crippen LogP contribution in [0.15, 0.2) is 36.5 Å². The molecule has 144 valence electrons. The molecule has 1 aromatic heterocycles. The highest BCUT2D eigenvalue weighted by atomic mass is 16.3. The van der Waals surface area contributed by atoms with Crippen LogP contribution in [0.3, 0.4) is 0 Å². The molecule has 0 saturated carbocycles. The van der Waals surface area contributed by atoms with Gasteiger partial charge in [-0.3, -0.25) is 0 Å². The minimum absolute atomic E-state index is 0.102. The van der Waals surface area contributed by atoms with E-state index in [0.717, 1.165) is 23.2 Å². The maximum absolute atomic E-state index is 12.7. The van der Waals surface area contributed by atoms with Crippen molar-refractivity contribution in [2.24, 2.45) is 0 Å². The Labute approximate surface area is 159 Å². The van der Waals surface area contributed by atoms with Gasteiger partial charge >= 0.3 is 6.03 Å². The van der Waals surface area contributed by atoms with Crippen LogP contribution < -0.4 is 10.6 Å². The molecule has 0 spiro atoms. The first-order chi connectivity index (χ1) is 13.0. The Morgan fingerprint density at radius 2 is 2.07 bits per heavy atom. The number of aliphatic hydroxyl groups is 1. The van der Waals surface area contributed by atoms with E-state index in [9.17, 15) is 9.90 Å². The number of hydrogen-bond donors (Lipinski definition) is 3.